The Hall–Kier alpha value is -2.37. The fourth-order valence-corrected chi connectivity index (χ4v) is 2.27. The van der Waals surface area contributed by atoms with Gasteiger partial charge in [0.2, 0.25) is 0 Å². The maximum atomic E-state index is 8.86. The summed E-state index contributed by atoms with van der Waals surface area (Å²) in [5, 5.41) is 16.1. The summed E-state index contributed by atoms with van der Waals surface area (Å²) in [5.74, 6) is 0.665. The van der Waals surface area contributed by atoms with Gasteiger partial charge in [0.25, 0.3) is 0 Å². The number of rotatable bonds is 2. The molecule has 1 aliphatic rings. The lowest BCUT2D eigenvalue weighted by Gasteiger charge is -2.10. The number of hydrogen-bond acceptors (Lipinski definition) is 4. The first-order chi connectivity index (χ1) is 8.79. The van der Waals surface area contributed by atoms with Crippen LogP contribution in [0.5, 0.6) is 0 Å². The predicted octanol–water partition coefficient (Wildman–Crippen LogP) is 0.850. The molecule has 1 aliphatic carbocycles. The van der Waals surface area contributed by atoms with Gasteiger partial charge in [-0.05, 0) is 37.0 Å². The van der Waals surface area contributed by atoms with Crippen molar-refractivity contribution in [2.24, 2.45) is 10.9 Å². The van der Waals surface area contributed by atoms with E-state index in [9.17, 15) is 0 Å². The van der Waals surface area contributed by atoms with Crippen LogP contribution in [-0.4, -0.2) is 25.8 Å². The van der Waals surface area contributed by atoms with E-state index in [-0.39, 0.29) is 5.84 Å². The number of hydrogen-bond donors (Lipinski definition) is 2. The molecule has 0 bridgehead atoms. The van der Waals surface area contributed by atoms with Crippen LogP contribution >= 0.6 is 0 Å². The number of fused-ring (bicyclic) bond motifs is 1. The second-order valence-electron chi connectivity index (χ2n) is 4.25. The Kier molecular flexibility index (Phi) is 2.47. The Labute approximate surface area is 104 Å². The molecule has 92 valence electrons. The van der Waals surface area contributed by atoms with E-state index in [0.29, 0.717) is 11.4 Å². The Morgan fingerprint density at radius 1 is 1.44 bits per heavy atom. The Morgan fingerprint density at radius 2 is 2.33 bits per heavy atom. The number of oxime groups is 1. The van der Waals surface area contributed by atoms with Crippen LogP contribution in [-0.2, 0) is 12.8 Å². The van der Waals surface area contributed by atoms with Crippen molar-refractivity contribution < 1.29 is 5.21 Å². The summed E-state index contributed by atoms with van der Waals surface area (Å²) >= 11 is 0. The largest absolute Gasteiger partial charge is 0.409 e. The number of aromatic nitrogens is 3. The van der Waals surface area contributed by atoms with Crippen molar-refractivity contribution >= 4 is 5.84 Å². The molecular formula is C12H13N5O. The molecule has 0 atom stereocenters. The van der Waals surface area contributed by atoms with Crippen LogP contribution in [0.3, 0.4) is 0 Å². The summed E-state index contributed by atoms with van der Waals surface area (Å²) < 4.78 is 1.63. The van der Waals surface area contributed by atoms with Gasteiger partial charge in [-0.2, -0.15) is 5.10 Å². The van der Waals surface area contributed by atoms with Crippen molar-refractivity contribution in [3.8, 4) is 5.82 Å². The zero-order chi connectivity index (χ0) is 12.5. The molecule has 2 aromatic rings. The monoisotopic (exact) mass is 243 g/mol. The van der Waals surface area contributed by atoms with Gasteiger partial charge in [-0.25, -0.2) is 9.67 Å². The predicted molar refractivity (Wildman–Crippen MR) is 65.9 cm³/mol. The average Bonchev–Trinajstić information content (AvgIpc) is 3.06. The Balaban J connectivity index is 2.22. The molecule has 3 rings (SSSR count). The number of aryl methyl sites for hydroxylation is 2. The maximum absolute atomic E-state index is 8.86. The van der Waals surface area contributed by atoms with Crippen LogP contribution in [0.15, 0.2) is 29.7 Å². The highest BCUT2D eigenvalue weighted by molar-refractivity contribution is 6.00. The summed E-state index contributed by atoms with van der Waals surface area (Å²) in [6.07, 6.45) is 6.52. The minimum Gasteiger partial charge on any atom is -0.409 e. The van der Waals surface area contributed by atoms with Gasteiger partial charge in [-0.3, -0.25) is 0 Å². The number of nitrogens with zero attached hydrogens (tertiary/aromatic N) is 4. The smallest absolute Gasteiger partial charge is 0.173 e. The highest BCUT2D eigenvalue weighted by atomic mass is 16.4. The molecule has 0 aromatic carbocycles. The third kappa shape index (κ3) is 1.62. The quantitative estimate of drug-likeness (QED) is 0.354. The van der Waals surface area contributed by atoms with Crippen molar-refractivity contribution in [1.82, 2.24) is 14.8 Å². The van der Waals surface area contributed by atoms with Crippen LogP contribution < -0.4 is 5.73 Å². The molecule has 0 aliphatic heterocycles. The van der Waals surface area contributed by atoms with Crippen LogP contribution in [0, 0.1) is 0 Å². The summed E-state index contributed by atoms with van der Waals surface area (Å²) in [5.41, 5.74) is 8.58. The van der Waals surface area contributed by atoms with Crippen LogP contribution in [0.4, 0.5) is 0 Å². The van der Waals surface area contributed by atoms with Gasteiger partial charge in [-0.15, -0.1) is 0 Å². The molecule has 0 amide bonds. The minimum atomic E-state index is 0.0581. The maximum Gasteiger partial charge on any atom is 0.173 e. The second-order valence-corrected chi connectivity index (χ2v) is 4.25. The summed E-state index contributed by atoms with van der Waals surface area (Å²) in [4.78, 5) is 4.59. The molecule has 0 radical (unpaired) electrons. The van der Waals surface area contributed by atoms with E-state index in [0.717, 1.165) is 25.0 Å². The van der Waals surface area contributed by atoms with E-state index in [2.05, 4.69) is 15.2 Å². The van der Waals surface area contributed by atoms with Gasteiger partial charge in [-0.1, -0.05) is 5.16 Å². The third-order valence-electron chi connectivity index (χ3n) is 3.14. The minimum absolute atomic E-state index is 0.0581. The van der Waals surface area contributed by atoms with Crippen LogP contribution in [0.1, 0.15) is 23.2 Å². The summed E-state index contributed by atoms with van der Waals surface area (Å²) in [6.45, 7) is 0. The highest BCUT2D eigenvalue weighted by Gasteiger charge is 2.19. The van der Waals surface area contributed by atoms with E-state index >= 15 is 0 Å². The zero-order valence-corrected chi connectivity index (χ0v) is 9.74. The van der Waals surface area contributed by atoms with Crippen molar-refractivity contribution in [3.63, 3.8) is 0 Å². The fraction of sp³-hybridized carbons (Fsp3) is 0.250. The van der Waals surface area contributed by atoms with Crippen molar-refractivity contribution in [1.29, 1.82) is 0 Å². The van der Waals surface area contributed by atoms with Gasteiger partial charge >= 0.3 is 0 Å². The molecule has 0 spiro atoms. The van der Waals surface area contributed by atoms with Crippen molar-refractivity contribution in [2.75, 3.05) is 0 Å². The van der Waals surface area contributed by atoms with Gasteiger partial charge in [0.15, 0.2) is 11.7 Å². The molecule has 18 heavy (non-hydrogen) atoms. The van der Waals surface area contributed by atoms with Crippen LogP contribution in [0.2, 0.25) is 0 Å². The number of nitrogens with two attached hydrogens (primary N) is 1. The van der Waals surface area contributed by atoms with E-state index in [4.69, 9.17) is 10.9 Å². The van der Waals surface area contributed by atoms with Gasteiger partial charge in [0.1, 0.15) is 0 Å². The standard InChI is InChI=1S/C12H13N5O/c13-11(16-18)9-7-8-3-1-4-10(8)15-12(9)17-6-2-5-14-17/h2,5-7,18H,1,3-4H2,(H2,13,16). The Morgan fingerprint density at radius 3 is 3.06 bits per heavy atom. The highest BCUT2D eigenvalue weighted by Crippen LogP contribution is 2.24. The molecule has 0 saturated carbocycles. The lowest BCUT2D eigenvalue weighted by Crippen LogP contribution is -2.18. The number of amidine groups is 1. The third-order valence-corrected chi connectivity index (χ3v) is 3.14. The van der Waals surface area contributed by atoms with Gasteiger partial charge < -0.3 is 10.9 Å². The van der Waals surface area contributed by atoms with E-state index in [1.54, 1.807) is 17.1 Å². The molecule has 0 saturated heterocycles. The van der Waals surface area contributed by atoms with Crippen molar-refractivity contribution in [3.05, 3.63) is 41.3 Å². The first kappa shape index (κ1) is 10.8. The fourth-order valence-electron chi connectivity index (χ4n) is 2.27. The molecule has 6 nitrogen and oxygen atoms in total. The molecule has 0 unspecified atom stereocenters. The number of pyridine rings is 1. The average molecular weight is 243 g/mol. The normalized spacial score (nSPS) is 14.8. The molecule has 6 heteroatoms. The first-order valence-electron chi connectivity index (χ1n) is 5.80. The summed E-state index contributed by atoms with van der Waals surface area (Å²) in [7, 11) is 0. The molecule has 3 N–H and O–H groups in total. The topological polar surface area (TPSA) is 89.3 Å². The van der Waals surface area contributed by atoms with Gasteiger partial charge in [0.05, 0.1) is 5.56 Å². The lowest BCUT2D eigenvalue weighted by atomic mass is 10.1. The van der Waals surface area contributed by atoms with Crippen LogP contribution in [0.25, 0.3) is 5.82 Å². The zero-order valence-electron chi connectivity index (χ0n) is 9.74. The SMILES string of the molecule is NC(=NO)c1cc2c(nc1-n1cccn1)CCC2. The second kappa shape index (κ2) is 4.14. The Bertz CT molecular complexity index is 603. The first-order valence-corrected chi connectivity index (χ1v) is 5.80. The van der Waals surface area contributed by atoms with Gasteiger partial charge in [0, 0.05) is 18.1 Å². The van der Waals surface area contributed by atoms with E-state index in [1.807, 2.05) is 12.1 Å². The van der Waals surface area contributed by atoms with E-state index < -0.39 is 0 Å². The molecule has 2 heterocycles. The molecular weight excluding hydrogens is 230 g/mol. The molecule has 0 fully saturated rings. The van der Waals surface area contributed by atoms with E-state index in [1.165, 1.54) is 5.56 Å². The lowest BCUT2D eigenvalue weighted by molar-refractivity contribution is 0.318. The van der Waals surface area contributed by atoms with Crippen molar-refractivity contribution in [2.45, 2.75) is 19.3 Å². The summed E-state index contributed by atoms with van der Waals surface area (Å²) in [6, 6.07) is 3.76. The molecule has 2 aromatic heterocycles.